The molecular formula is C11H16N4O3. The average Bonchev–Trinajstić information content (AvgIpc) is 2.90. The SMILES string of the molecule is NC(=O)CN(C(=O)c1ccno1)C1CCNCC1. The number of carbonyl (C=O) groups excluding carboxylic acids is 2. The molecule has 0 bridgehead atoms. The first kappa shape index (κ1) is 12.6. The lowest BCUT2D eigenvalue weighted by molar-refractivity contribution is -0.119. The van der Waals surface area contributed by atoms with Gasteiger partial charge in [-0.3, -0.25) is 9.59 Å². The van der Waals surface area contributed by atoms with Crippen LogP contribution < -0.4 is 11.1 Å². The molecule has 2 rings (SSSR count). The Morgan fingerprint density at radius 2 is 2.22 bits per heavy atom. The number of hydrogen-bond acceptors (Lipinski definition) is 5. The second kappa shape index (κ2) is 5.63. The molecule has 3 N–H and O–H groups in total. The van der Waals surface area contributed by atoms with Crippen LogP contribution in [0.15, 0.2) is 16.8 Å². The van der Waals surface area contributed by atoms with E-state index in [0.29, 0.717) is 0 Å². The summed E-state index contributed by atoms with van der Waals surface area (Å²) in [5.74, 6) is -0.727. The maximum absolute atomic E-state index is 12.2. The first-order valence-electron chi connectivity index (χ1n) is 5.89. The van der Waals surface area contributed by atoms with Gasteiger partial charge < -0.3 is 20.5 Å². The van der Waals surface area contributed by atoms with Crippen LogP contribution in [0.5, 0.6) is 0 Å². The number of aromatic nitrogens is 1. The van der Waals surface area contributed by atoms with E-state index in [1.54, 1.807) is 0 Å². The molecule has 0 atom stereocenters. The molecule has 2 heterocycles. The molecule has 1 aliphatic rings. The third-order valence-corrected chi connectivity index (χ3v) is 2.99. The molecule has 1 aromatic heterocycles. The van der Waals surface area contributed by atoms with Gasteiger partial charge in [-0.2, -0.15) is 0 Å². The standard InChI is InChI=1S/C11H16N4O3/c12-10(16)7-15(8-1-4-13-5-2-8)11(17)9-3-6-14-18-9/h3,6,8,13H,1-2,4-5,7H2,(H2,12,16). The summed E-state index contributed by atoms with van der Waals surface area (Å²) in [6.45, 7) is 1.55. The summed E-state index contributed by atoms with van der Waals surface area (Å²) < 4.78 is 4.84. The van der Waals surface area contributed by atoms with Crippen molar-refractivity contribution in [1.29, 1.82) is 0 Å². The van der Waals surface area contributed by atoms with Gasteiger partial charge in [0, 0.05) is 12.1 Å². The van der Waals surface area contributed by atoms with Crippen LogP contribution in [-0.4, -0.2) is 47.5 Å². The lowest BCUT2D eigenvalue weighted by Crippen LogP contribution is -2.49. The maximum Gasteiger partial charge on any atom is 0.293 e. The number of nitrogens with zero attached hydrogens (tertiary/aromatic N) is 2. The lowest BCUT2D eigenvalue weighted by atomic mass is 10.0. The Bertz CT molecular complexity index is 412. The molecule has 18 heavy (non-hydrogen) atoms. The van der Waals surface area contributed by atoms with E-state index < -0.39 is 5.91 Å². The number of primary amides is 1. The van der Waals surface area contributed by atoms with Gasteiger partial charge in [0.2, 0.25) is 11.7 Å². The smallest absolute Gasteiger partial charge is 0.293 e. The van der Waals surface area contributed by atoms with E-state index in [1.165, 1.54) is 17.2 Å². The second-order valence-corrected chi connectivity index (χ2v) is 4.26. The van der Waals surface area contributed by atoms with Crippen molar-refractivity contribution in [2.75, 3.05) is 19.6 Å². The first-order chi connectivity index (χ1) is 8.68. The van der Waals surface area contributed by atoms with Gasteiger partial charge in [0.05, 0.1) is 6.20 Å². The van der Waals surface area contributed by atoms with Crippen LogP contribution in [0.3, 0.4) is 0 Å². The number of piperidine rings is 1. The monoisotopic (exact) mass is 252 g/mol. The van der Waals surface area contributed by atoms with Crippen molar-refractivity contribution < 1.29 is 14.1 Å². The van der Waals surface area contributed by atoms with Gasteiger partial charge in [-0.05, 0) is 25.9 Å². The van der Waals surface area contributed by atoms with Crippen LogP contribution in [0.4, 0.5) is 0 Å². The molecule has 0 aromatic carbocycles. The molecule has 0 unspecified atom stereocenters. The van der Waals surface area contributed by atoms with Gasteiger partial charge >= 0.3 is 0 Å². The highest BCUT2D eigenvalue weighted by Crippen LogP contribution is 2.15. The summed E-state index contributed by atoms with van der Waals surface area (Å²) >= 11 is 0. The minimum absolute atomic E-state index is 0.0105. The van der Waals surface area contributed by atoms with Crippen molar-refractivity contribution in [2.45, 2.75) is 18.9 Å². The number of nitrogens with two attached hydrogens (primary N) is 1. The Labute approximate surface area is 104 Å². The van der Waals surface area contributed by atoms with E-state index in [1.807, 2.05) is 0 Å². The highest BCUT2D eigenvalue weighted by Gasteiger charge is 2.29. The molecule has 1 aliphatic heterocycles. The van der Waals surface area contributed by atoms with E-state index in [-0.39, 0.29) is 24.3 Å². The molecule has 1 aromatic rings. The zero-order chi connectivity index (χ0) is 13.0. The Balaban J connectivity index is 2.13. The van der Waals surface area contributed by atoms with Crippen molar-refractivity contribution >= 4 is 11.8 Å². The predicted molar refractivity (Wildman–Crippen MR) is 62.6 cm³/mol. The van der Waals surface area contributed by atoms with E-state index in [2.05, 4.69) is 10.5 Å². The molecule has 7 nitrogen and oxygen atoms in total. The fourth-order valence-electron chi connectivity index (χ4n) is 2.12. The minimum Gasteiger partial charge on any atom is -0.368 e. The van der Waals surface area contributed by atoms with Crippen molar-refractivity contribution in [1.82, 2.24) is 15.4 Å². The average molecular weight is 252 g/mol. The number of amides is 2. The van der Waals surface area contributed by atoms with Crippen molar-refractivity contribution in [2.24, 2.45) is 5.73 Å². The number of nitrogens with one attached hydrogen (secondary N) is 1. The maximum atomic E-state index is 12.2. The fraction of sp³-hybridized carbons (Fsp3) is 0.545. The third-order valence-electron chi connectivity index (χ3n) is 2.99. The highest BCUT2D eigenvalue weighted by atomic mass is 16.5. The first-order valence-corrected chi connectivity index (χ1v) is 5.89. The minimum atomic E-state index is -0.526. The molecule has 0 spiro atoms. The third kappa shape index (κ3) is 2.86. The van der Waals surface area contributed by atoms with E-state index in [9.17, 15) is 9.59 Å². The van der Waals surface area contributed by atoms with E-state index in [0.717, 1.165) is 25.9 Å². The molecule has 2 amide bonds. The van der Waals surface area contributed by atoms with Crippen molar-refractivity contribution in [3.05, 3.63) is 18.0 Å². The Morgan fingerprint density at radius 1 is 1.50 bits per heavy atom. The van der Waals surface area contributed by atoms with Crippen LogP contribution in [-0.2, 0) is 4.79 Å². The van der Waals surface area contributed by atoms with Crippen LogP contribution in [0.25, 0.3) is 0 Å². The Kier molecular flexibility index (Phi) is 3.93. The molecule has 0 radical (unpaired) electrons. The van der Waals surface area contributed by atoms with Gasteiger partial charge in [-0.1, -0.05) is 5.16 Å². The summed E-state index contributed by atoms with van der Waals surface area (Å²) in [4.78, 5) is 24.8. The largest absolute Gasteiger partial charge is 0.368 e. The van der Waals surface area contributed by atoms with Crippen LogP contribution in [0, 0.1) is 0 Å². The fourth-order valence-corrected chi connectivity index (χ4v) is 2.12. The number of hydrogen-bond donors (Lipinski definition) is 2. The zero-order valence-corrected chi connectivity index (χ0v) is 9.96. The zero-order valence-electron chi connectivity index (χ0n) is 9.96. The van der Waals surface area contributed by atoms with Gasteiger partial charge in [0.25, 0.3) is 5.91 Å². The Hall–Kier alpha value is -1.89. The molecule has 1 fully saturated rings. The van der Waals surface area contributed by atoms with Crippen molar-refractivity contribution in [3.63, 3.8) is 0 Å². The highest BCUT2D eigenvalue weighted by molar-refractivity contribution is 5.94. The molecular weight excluding hydrogens is 236 g/mol. The summed E-state index contributed by atoms with van der Waals surface area (Å²) in [7, 11) is 0. The van der Waals surface area contributed by atoms with E-state index in [4.69, 9.17) is 10.3 Å². The molecule has 0 saturated carbocycles. The van der Waals surface area contributed by atoms with Gasteiger partial charge in [-0.15, -0.1) is 0 Å². The summed E-state index contributed by atoms with van der Waals surface area (Å²) in [6.07, 6.45) is 3.00. The summed E-state index contributed by atoms with van der Waals surface area (Å²) in [5.41, 5.74) is 5.20. The van der Waals surface area contributed by atoms with Gasteiger partial charge in [0.15, 0.2) is 0 Å². The number of carbonyl (C=O) groups is 2. The molecule has 1 saturated heterocycles. The molecule has 7 heteroatoms. The van der Waals surface area contributed by atoms with Crippen LogP contribution >= 0.6 is 0 Å². The molecule has 98 valence electrons. The van der Waals surface area contributed by atoms with Gasteiger partial charge in [-0.25, -0.2) is 0 Å². The quantitative estimate of drug-likeness (QED) is 0.741. The number of rotatable bonds is 4. The van der Waals surface area contributed by atoms with Crippen molar-refractivity contribution in [3.8, 4) is 0 Å². The normalized spacial score (nSPS) is 16.4. The topological polar surface area (TPSA) is 101 Å². The van der Waals surface area contributed by atoms with Crippen LogP contribution in [0.1, 0.15) is 23.4 Å². The van der Waals surface area contributed by atoms with E-state index >= 15 is 0 Å². The second-order valence-electron chi connectivity index (χ2n) is 4.26. The van der Waals surface area contributed by atoms with Gasteiger partial charge in [0.1, 0.15) is 6.54 Å². The molecule has 0 aliphatic carbocycles. The Morgan fingerprint density at radius 3 is 2.78 bits per heavy atom. The van der Waals surface area contributed by atoms with Crippen LogP contribution in [0.2, 0.25) is 0 Å². The lowest BCUT2D eigenvalue weighted by Gasteiger charge is -2.33. The summed E-state index contributed by atoms with van der Waals surface area (Å²) in [5, 5.41) is 6.71. The predicted octanol–water partition coefficient (Wildman–Crippen LogP) is -0.646. The summed E-state index contributed by atoms with van der Waals surface area (Å²) in [6, 6.07) is 1.49.